The molecule has 0 spiro atoms. The quantitative estimate of drug-likeness (QED) is 0.410. The third kappa shape index (κ3) is 5.61. The normalized spacial score (nSPS) is 14.1. The molecule has 2 heterocycles. The lowest BCUT2D eigenvalue weighted by molar-refractivity contribution is -0.130. The van der Waals surface area contributed by atoms with Crippen LogP contribution in [0.5, 0.6) is 0 Å². The van der Waals surface area contributed by atoms with Crippen LogP contribution in [0.3, 0.4) is 0 Å². The van der Waals surface area contributed by atoms with E-state index in [0.717, 1.165) is 11.4 Å². The van der Waals surface area contributed by atoms with E-state index in [4.69, 9.17) is 11.6 Å². The van der Waals surface area contributed by atoms with Gasteiger partial charge in [-0.25, -0.2) is 9.97 Å². The van der Waals surface area contributed by atoms with Crippen molar-refractivity contribution in [3.8, 4) is 0 Å². The second-order valence-electron chi connectivity index (χ2n) is 7.01. The first-order chi connectivity index (χ1) is 13.8. The lowest BCUT2D eigenvalue weighted by Crippen LogP contribution is -2.50. The van der Waals surface area contributed by atoms with E-state index in [1.54, 1.807) is 22.8 Å². The highest BCUT2D eigenvalue weighted by Crippen LogP contribution is 2.24. The van der Waals surface area contributed by atoms with Crippen LogP contribution in [0.4, 0.5) is 5.82 Å². The molecule has 0 atom stereocenters. The molecule has 0 bridgehead atoms. The minimum absolute atomic E-state index is 0.00112. The van der Waals surface area contributed by atoms with Crippen molar-refractivity contribution < 1.29 is 9.59 Å². The first kappa shape index (κ1) is 21.4. The lowest BCUT2D eigenvalue weighted by Gasteiger charge is -2.34. The van der Waals surface area contributed by atoms with Crippen molar-refractivity contribution in [2.75, 3.05) is 45.2 Å². The number of piperazine rings is 1. The van der Waals surface area contributed by atoms with E-state index in [1.165, 1.54) is 11.8 Å². The molecule has 9 heteroatoms. The number of halogens is 1. The maximum Gasteiger partial charge on any atom is 0.253 e. The van der Waals surface area contributed by atoms with Gasteiger partial charge in [0.15, 0.2) is 5.16 Å². The van der Waals surface area contributed by atoms with Crippen LogP contribution in [-0.2, 0) is 10.5 Å². The van der Waals surface area contributed by atoms with Crippen LogP contribution in [-0.4, -0.2) is 71.9 Å². The van der Waals surface area contributed by atoms with Crippen molar-refractivity contribution in [3.63, 3.8) is 0 Å². The highest BCUT2D eigenvalue weighted by Gasteiger charge is 2.23. The first-order valence-electron chi connectivity index (χ1n) is 9.32. The van der Waals surface area contributed by atoms with Gasteiger partial charge in [-0.3, -0.25) is 9.59 Å². The minimum atomic E-state index is 0.00112. The van der Waals surface area contributed by atoms with E-state index < -0.39 is 0 Å². The Balaban J connectivity index is 1.58. The number of amides is 2. The van der Waals surface area contributed by atoms with Gasteiger partial charge in [-0.2, -0.15) is 0 Å². The summed E-state index contributed by atoms with van der Waals surface area (Å²) in [6.45, 7) is 3.87. The second kappa shape index (κ2) is 9.45. The summed E-state index contributed by atoms with van der Waals surface area (Å²) in [5, 5.41) is 1.03. The standard InChI is InChI=1S/C20H24ClN5O2S/c1-14(27)25-8-10-26(11-9-25)19(28)16-6-4-15(5-7-16)13-29-20-22-17(21)12-18(23-20)24(2)3/h4-7,12H,8-11,13H2,1-3H3. The summed E-state index contributed by atoms with van der Waals surface area (Å²) < 4.78 is 0. The van der Waals surface area contributed by atoms with Crippen LogP contribution < -0.4 is 4.90 Å². The predicted molar refractivity (Wildman–Crippen MR) is 116 cm³/mol. The fourth-order valence-corrected chi connectivity index (χ4v) is 4.01. The van der Waals surface area contributed by atoms with Gasteiger partial charge in [0.1, 0.15) is 11.0 Å². The predicted octanol–water partition coefficient (Wildman–Crippen LogP) is 2.79. The number of nitrogens with zero attached hydrogens (tertiary/aromatic N) is 5. The smallest absolute Gasteiger partial charge is 0.253 e. The van der Waals surface area contributed by atoms with E-state index in [1.807, 2.05) is 43.3 Å². The lowest BCUT2D eigenvalue weighted by atomic mass is 10.1. The summed E-state index contributed by atoms with van der Waals surface area (Å²) in [7, 11) is 3.81. The zero-order valence-corrected chi connectivity index (χ0v) is 18.3. The molecule has 0 radical (unpaired) electrons. The van der Waals surface area contributed by atoms with Crippen molar-refractivity contribution >= 4 is 41.0 Å². The van der Waals surface area contributed by atoms with Gasteiger partial charge in [-0.1, -0.05) is 35.5 Å². The molecule has 0 unspecified atom stereocenters. The number of anilines is 1. The Morgan fingerprint density at radius 3 is 2.28 bits per heavy atom. The molecule has 3 rings (SSSR count). The molecule has 1 aromatic carbocycles. The highest BCUT2D eigenvalue weighted by atomic mass is 35.5. The Morgan fingerprint density at radius 2 is 1.69 bits per heavy atom. The molecule has 29 heavy (non-hydrogen) atoms. The Labute approximate surface area is 180 Å². The maximum atomic E-state index is 12.7. The number of thioether (sulfide) groups is 1. The van der Waals surface area contributed by atoms with Crippen LogP contribution in [0.1, 0.15) is 22.8 Å². The molecule has 1 saturated heterocycles. The molecular formula is C20H24ClN5O2S. The number of hydrogen-bond acceptors (Lipinski definition) is 6. The third-order valence-electron chi connectivity index (χ3n) is 4.70. The fourth-order valence-electron chi connectivity index (χ4n) is 2.98. The average Bonchev–Trinajstić information content (AvgIpc) is 2.71. The van der Waals surface area contributed by atoms with Gasteiger partial charge in [-0.15, -0.1) is 0 Å². The monoisotopic (exact) mass is 433 g/mol. The molecule has 0 saturated carbocycles. The fraction of sp³-hybridized carbons (Fsp3) is 0.400. The number of carbonyl (C=O) groups excluding carboxylic acids is 2. The van der Waals surface area contributed by atoms with Crippen molar-refractivity contribution in [3.05, 3.63) is 46.6 Å². The summed E-state index contributed by atoms with van der Waals surface area (Å²) in [5.74, 6) is 1.50. The van der Waals surface area contributed by atoms with Crippen molar-refractivity contribution in [2.45, 2.75) is 17.8 Å². The van der Waals surface area contributed by atoms with Crippen LogP contribution in [0.15, 0.2) is 35.5 Å². The molecule has 1 aromatic heterocycles. The highest BCUT2D eigenvalue weighted by molar-refractivity contribution is 7.98. The Hall–Kier alpha value is -2.32. The zero-order valence-electron chi connectivity index (χ0n) is 16.8. The minimum Gasteiger partial charge on any atom is -0.363 e. The van der Waals surface area contributed by atoms with Crippen LogP contribution in [0.25, 0.3) is 0 Å². The van der Waals surface area contributed by atoms with Crippen LogP contribution >= 0.6 is 23.4 Å². The number of benzene rings is 1. The van der Waals surface area contributed by atoms with Gasteiger partial charge in [0.2, 0.25) is 5.91 Å². The van der Waals surface area contributed by atoms with Gasteiger partial charge in [0.05, 0.1) is 0 Å². The topological polar surface area (TPSA) is 69.6 Å². The largest absolute Gasteiger partial charge is 0.363 e. The van der Waals surface area contributed by atoms with E-state index >= 15 is 0 Å². The maximum absolute atomic E-state index is 12.7. The molecule has 7 nitrogen and oxygen atoms in total. The molecule has 154 valence electrons. The summed E-state index contributed by atoms with van der Waals surface area (Å²) in [6, 6.07) is 9.31. The number of carbonyl (C=O) groups is 2. The van der Waals surface area contributed by atoms with Gasteiger partial charge in [0.25, 0.3) is 5.91 Å². The molecule has 1 fully saturated rings. The van der Waals surface area contributed by atoms with Gasteiger partial charge in [-0.05, 0) is 17.7 Å². The van der Waals surface area contributed by atoms with Crippen molar-refractivity contribution in [1.82, 2.24) is 19.8 Å². The molecule has 2 aromatic rings. The van der Waals surface area contributed by atoms with E-state index in [-0.39, 0.29) is 11.8 Å². The zero-order chi connectivity index (χ0) is 21.0. The average molecular weight is 434 g/mol. The molecular weight excluding hydrogens is 410 g/mol. The van der Waals surface area contributed by atoms with Gasteiger partial charge >= 0.3 is 0 Å². The summed E-state index contributed by atoms with van der Waals surface area (Å²) >= 11 is 7.58. The third-order valence-corrected chi connectivity index (χ3v) is 5.81. The summed E-state index contributed by atoms with van der Waals surface area (Å²) in [6.07, 6.45) is 0. The molecule has 1 aliphatic heterocycles. The second-order valence-corrected chi connectivity index (χ2v) is 8.34. The van der Waals surface area contributed by atoms with E-state index in [9.17, 15) is 9.59 Å². The van der Waals surface area contributed by atoms with Crippen LogP contribution in [0.2, 0.25) is 5.15 Å². The molecule has 2 amide bonds. The summed E-state index contributed by atoms with van der Waals surface area (Å²) in [4.78, 5) is 38.3. The van der Waals surface area contributed by atoms with Gasteiger partial charge in [0, 0.05) is 64.6 Å². The Kier molecular flexibility index (Phi) is 6.97. The number of aromatic nitrogens is 2. The van der Waals surface area contributed by atoms with Gasteiger partial charge < -0.3 is 14.7 Å². The van der Waals surface area contributed by atoms with Crippen molar-refractivity contribution in [2.24, 2.45) is 0 Å². The SMILES string of the molecule is CC(=O)N1CCN(C(=O)c2ccc(CSc3nc(Cl)cc(N(C)C)n3)cc2)CC1. The van der Waals surface area contributed by atoms with E-state index in [0.29, 0.717) is 47.8 Å². The molecule has 0 aliphatic carbocycles. The number of hydrogen-bond donors (Lipinski definition) is 0. The Morgan fingerprint density at radius 1 is 1.07 bits per heavy atom. The van der Waals surface area contributed by atoms with Crippen molar-refractivity contribution in [1.29, 1.82) is 0 Å². The molecule has 1 aliphatic rings. The summed E-state index contributed by atoms with van der Waals surface area (Å²) in [5.41, 5.74) is 1.73. The number of rotatable bonds is 5. The Bertz CT molecular complexity index is 883. The first-order valence-corrected chi connectivity index (χ1v) is 10.7. The van der Waals surface area contributed by atoms with Crippen LogP contribution in [0, 0.1) is 0 Å². The van der Waals surface area contributed by atoms with E-state index in [2.05, 4.69) is 9.97 Å². The molecule has 0 N–H and O–H groups in total.